The van der Waals surface area contributed by atoms with Gasteiger partial charge in [-0.15, -0.1) is 0 Å². The maximum Gasteiger partial charge on any atom is 0.198 e. The van der Waals surface area contributed by atoms with Gasteiger partial charge in [-0.05, 0) is 13.3 Å². The molecular formula is C9H10ClN5. The first kappa shape index (κ1) is 10.0. The molecule has 2 rings (SSSR count). The smallest absolute Gasteiger partial charge is 0.198 e. The predicted octanol–water partition coefficient (Wildman–Crippen LogP) is 1.79. The van der Waals surface area contributed by atoms with Crippen molar-refractivity contribution in [2.24, 2.45) is 0 Å². The summed E-state index contributed by atoms with van der Waals surface area (Å²) >= 11 is 6.00. The van der Waals surface area contributed by atoms with E-state index < -0.39 is 0 Å². The Labute approximate surface area is 91.9 Å². The molecule has 6 heteroatoms. The molecule has 0 aliphatic heterocycles. The molecule has 0 bridgehead atoms. The first-order chi connectivity index (χ1) is 7.22. The topological polar surface area (TPSA) is 67.3 Å². The summed E-state index contributed by atoms with van der Waals surface area (Å²) < 4.78 is 0. The standard InChI is InChI=1S/C9H10ClN5/c1-3-6-5(2)7(10)14-9(13-6)8-11-4-12-15-8/h4H,3H2,1-2H3,(H,11,12,15). The zero-order chi connectivity index (χ0) is 10.8. The minimum atomic E-state index is 0.466. The number of H-pyrrole nitrogens is 1. The zero-order valence-electron chi connectivity index (χ0n) is 8.45. The number of aromatic amines is 1. The SMILES string of the molecule is CCc1nc(-c2ncn[nH]2)nc(Cl)c1C. The molecule has 15 heavy (non-hydrogen) atoms. The number of hydrogen-bond donors (Lipinski definition) is 1. The molecule has 0 saturated carbocycles. The molecule has 2 heterocycles. The highest BCUT2D eigenvalue weighted by molar-refractivity contribution is 6.30. The lowest BCUT2D eigenvalue weighted by Gasteiger charge is -2.05. The average molecular weight is 224 g/mol. The van der Waals surface area contributed by atoms with Crippen LogP contribution in [0.2, 0.25) is 5.15 Å². The lowest BCUT2D eigenvalue weighted by atomic mass is 10.2. The normalized spacial score (nSPS) is 10.6. The monoisotopic (exact) mass is 223 g/mol. The lowest BCUT2D eigenvalue weighted by molar-refractivity contribution is 0.961. The Morgan fingerprint density at radius 2 is 2.20 bits per heavy atom. The van der Waals surface area contributed by atoms with Gasteiger partial charge in [0.2, 0.25) is 0 Å². The molecule has 0 fully saturated rings. The van der Waals surface area contributed by atoms with Crippen LogP contribution in [-0.4, -0.2) is 25.1 Å². The number of rotatable bonds is 2. The van der Waals surface area contributed by atoms with Crippen molar-refractivity contribution in [3.05, 3.63) is 22.7 Å². The highest BCUT2D eigenvalue weighted by atomic mass is 35.5. The number of aryl methyl sites for hydroxylation is 1. The van der Waals surface area contributed by atoms with E-state index in [1.54, 1.807) is 0 Å². The number of nitrogens with zero attached hydrogens (tertiary/aromatic N) is 4. The summed E-state index contributed by atoms with van der Waals surface area (Å²) in [5, 5.41) is 6.92. The molecule has 0 atom stereocenters. The van der Waals surface area contributed by atoms with Crippen LogP contribution in [0.1, 0.15) is 18.2 Å². The van der Waals surface area contributed by atoms with E-state index in [0.717, 1.165) is 17.7 Å². The van der Waals surface area contributed by atoms with Crippen LogP contribution in [0.5, 0.6) is 0 Å². The van der Waals surface area contributed by atoms with Gasteiger partial charge in [-0.3, -0.25) is 5.10 Å². The van der Waals surface area contributed by atoms with E-state index in [4.69, 9.17) is 11.6 Å². The number of nitrogens with one attached hydrogen (secondary N) is 1. The third-order valence-electron chi connectivity index (χ3n) is 2.15. The van der Waals surface area contributed by atoms with Crippen molar-refractivity contribution in [2.45, 2.75) is 20.3 Å². The molecule has 0 saturated heterocycles. The van der Waals surface area contributed by atoms with Crippen LogP contribution in [0.4, 0.5) is 0 Å². The molecule has 0 radical (unpaired) electrons. The summed E-state index contributed by atoms with van der Waals surface area (Å²) in [6.45, 7) is 3.93. The number of halogens is 1. The minimum Gasteiger partial charge on any atom is -0.257 e. The van der Waals surface area contributed by atoms with E-state index in [9.17, 15) is 0 Å². The van der Waals surface area contributed by atoms with E-state index in [1.807, 2.05) is 13.8 Å². The quantitative estimate of drug-likeness (QED) is 0.789. The minimum absolute atomic E-state index is 0.466. The van der Waals surface area contributed by atoms with Gasteiger partial charge < -0.3 is 0 Å². The molecule has 0 aliphatic carbocycles. The van der Waals surface area contributed by atoms with Crippen molar-refractivity contribution in [1.29, 1.82) is 0 Å². The van der Waals surface area contributed by atoms with E-state index in [1.165, 1.54) is 6.33 Å². The van der Waals surface area contributed by atoms with Crippen molar-refractivity contribution in [2.75, 3.05) is 0 Å². The van der Waals surface area contributed by atoms with Crippen LogP contribution in [0, 0.1) is 6.92 Å². The summed E-state index contributed by atoms with van der Waals surface area (Å²) in [5.41, 5.74) is 1.85. The van der Waals surface area contributed by atoms with Gasteiger partial charge in [-0.2, -0.15) is 5.10 Å². The lowest BCUT2D eigenvalue weighted by Crippen LogP contribution is -2.00. The zero-order valence-corrected chi connectivity index (χ0v) is 9.21. The Bertz CT molecular complexity index is 466. The largest absolute Gasteiger partial charge is 0.257 e. The van der Waals surface area contributed by atoms with E-state index >= 15 is 0 Å². The molecule has 5 nitrogen and oxygen atoms in total. The highest BCUT2D eigenvalue weighted by Crippen LogP contribution is 2.19. The molecule has 0 amide bonds. The van der Waals surface area contributed by atoms with Gasteiger partial charge in [0.05, 0.1) is 0 Å². The van der Waals surface area contributed by atoms with Crippen LogP contribution < -0.4 is 0 Å². The van der Waals surface area contributed by atoms with Crippen LogP contribution in [0.15, 0.2) is 6.33 Å². The van der Waals surface area contributed by atoms with Crippen molar-refractivity contribution >= 4 is 11.6 Å². The molecule has 2 aromatic rings. The third kappa shape index (κ3) is 1.83. The fraction of sp³-hybridized carbons (Fsp3) is 0.333. The van der Waals surface area contributed by atoms with E-state index in [-0.39, 0.29) is 0 Å². The highest BCUT2D eigenvalue weighted by Gasteiger charge is 2.11. The van der Waals surface area contributed by atoms with E-state index in [2.05, 4.69) is 25.1 Å². The summed E-state index contributed by atoms with van der Waals surface area (Å²) in [6, 6.07) is 0. The Kier molecular flexibility index (Phi) is 2.64. The second kappa shape index (κ2) is 3.94. The molecule has 0 aromatic carbocycles. The molecular weight excluding hydrogens is 214 g/mol. The fourth-order valence-corrected chi connectivity index (χ4v) is 1.49. The van der Waals surface area contributed by atoms with Gasteiger partial charge in [0.25, 0.3) is 0 Å². The molecule has 2 aromatic heterocycles. The van der Waals surface area contributed by atoms with Gasteiger partial charge in [-0.1, -0.05) is 18.5 Å². The Balaban J connectivity index is 2.55. The molecule has 1 N–H and O–H groups in total. The predicted molar refractivity (Wildman–Crippen MR) is 56.5 cm³/mol. The van der Waals surface area contributed by atoms with Gasteiger partial charge in [0.1, 0.15) is 11.5 Å². The van der Waals surface area contributed by atoms with Gasteiger partial charge in [-0.25, -0.2) is 15.0 Å². The molecule has 0 aliphatic rings. The van der Waals surface area contributed by atoms with Crippen molar-refractivity contribution in [1.82, 2.24) is 25.1 Å². The summed E-state index contributed by atoms with van der Waals surface area (Å²) in [4.78, 5) is 12.5. The maximum absolute atomic E-state index is 6.00. The Morgan fingerprint density at radius 3 is 2.80 bits per heavy atom. The summed E-state index contributed by atoms with van der Waals surface area (Å²) in [7, 11) is 0. The third-order valence-corrected chi connectivity index (χ3v) is 2.52. The summed E-state index contributed by atoms with van der Waals surface area (Å²) in [6.07, 6.45) is 2.23. The molecule has 78 valence electrons. The van der Waals surface area contributed by atoms with Crippen LogP contribution in [-0.2, 0) is 6.42 Å². The average Bonchev–Trinajstić information content (AvgIpc) is 2.75. The first-order valence-corrected chi connectivity index (χ1v) is 4.99. The van der Waals surface area contributed by atoms with Gasteiger partial charge in [0, 0.05) is 11.3 Å². The second-order valence-corrected chi connectivity index (χ2v) is 3.46. The van der Waals surface area contributed by atoms with Crippen LogP contribution in [0.3, 0.4) is 0 Å². The molecule has 0 spiro atoms. The maximum atomic E-state index is 6.00. The van der Waals surface area contributed by atoms with E-state index in [0.29, 0.717) is 16.8 Å². The van der Waals surface area contributed by atoms with Gasteiger partial charge >= 0.3 is 0 Å². The fourth-order valence-electron chi connectivity index (χ4n) is 1.30. The number of aromatic nitrogens is 5. The van der Waals surface area contributed by atoms with Crippen LogP contribution in [0.25, 0.3) is 11.6 Å². The number of hydrogen-bond acceptors (Lipinski definition) is 4. The molecule has 0 unspecified atom stereocenters. The van der Waals surface area contributed by atoms with Crippen molar-refractivity contribution < 1.29 is 0 Å². The van der Waals surface area contributed by atoms with Crippen LogP contribution >= 0.6 is 11.6 Å². The first-order valence-electron chi connectivity index (χ1n) is 4.61. The second-order valence-electron chi connectivity index (χ2n) is 3.10. The van der Waals surface area contributed by atoms with Gasteiger partial charge in [0.15, 0.2) is 11.6 Å². The summed E-state index contributed by atoms with van der Waals surface area (Å²) in [5.74, 6) is 1.02. The van der Waals surface area contributed by atoms with Crippen molar-refractivity contribution in [3.8, 4) is 11.6 Å². The Hall–Kier alpha value is -1.49. The Morgan fingerprint density at radius 1 is 1.40 bits per heavy atom. The van der Waals surface area contributed by atoms with Crippen molar-refractivity contribution in [3.63, 3.8) is 0 Å².